The van der Waals surface area contributed by atoms with E-state index < -0.39 is 5.54 Å². The summed E-state index contributed by atoms with van der Waals surface area (Å²) >= 11 is 0. The van der Waals surface area contributed by atoms with Crippen molar-refractivity contribution in [3.63, 3.8) is 0 Å². The summed E-state index contributed by atoms with van der Waals surface area (Å²) in [7, 11) is 0. The third-order valence-corrected chi connectivity index (χ3v) is 3.89. The third-order valence-electron chi connectivity index (χ3n) is 3.89. The molecule has 0 fully saturated rings. The molecule has 0 aromatic heterocycles. The highest BCUT2D eigenvalue weighted by Crippen LogP contribution is 2.34. The van der Waals surface area contributed by atoms with Crippen LogP contribution in [0, 0.1) is 0 Å². The maximum atomic E-state index is 12.4. The number of ether oxygens (including phenoxy) is 1. The lowest BCUT2D eigenvalue weighted by Crippen LogP contribution is -2.36. The van der Waals surface area contributed by atoms with Gasteiger partial charge in [-0.3, -0.25) is 4.99 Å². The van der Waals surface area contributed by atoms with Crippen molar-refractivity contribution in [2.45, 2.75) is 44.6 Å². The van der Waals surface area contributed by atoms with Gasteiger partial charge in [0.25, 0.3) is 0 Å². The lowest BCUT2D eigenvalue weighted by Gasteiger charge is -2.23. The standard InChI is InChI=1S/C18H23NO2/c1-3-5-9-13-18(17(20)21-4-2)14-12-16(19-18)15-10-7-6-8-11-15/h3,6-8,10-11H,1,4-5,9,12-14H2,2H3. The van der Waals surface area contributed by atoms with Gasteiger partial charge in [0.1, 0.15) is 0 Å². The molecule has 0 radical (unpaired) electrons. The number of unbranched alkanes of at least 4 members (excludes halogenated alkanes) is 1. The number of hydrogen-bond acceptors (Lipinski definition) is 3. The number of benzene rings is 1. The minimum atomic E-state index is -0.690. The summed E-state index contributed by atoms with van der Waals surface area (Å²) in [5, 5.41) is 0. The minimum absolute atomic E-state index is 0.181. The summed E-state index contributed by atoms with van der Waals surface area (Å²) in [4.78, 5) is 17.2. The van der Waals surface area contributed by atoms with E-state index in [4.69, 9.17) is 9.73 Å². The maximum Gasteiger partial charge on any atom is 0.334 e. The molecule has 0 amide bonds. The van der Waals surface area contributed by atoms with Crippen LogP contribution in [0.4, 0.5) is 0 Å². The molecule has 1 heterocycles. The van der Waals surface area contributed by atoms with Crippen molar-refractivity contribution >= 4 is 11.7 Å². The van der Waals surface area contributed by atoms with Crippen molar-refractivity contribution in [1.82, 2.24) is 0 Å². The fraction of sp³-hybridized carbons (Fsp3) is 0.444. The van der Waals surface area contributed by atoms with Crippen LogP contribution in [0.2, 0.25) is 0 Å². The average Bonchev–Trinajstić information content (AvgIpc) is 2.95. The molecular formula is C18H23NO2. The molecule has 1 aliphatic rings. The van der Waals surface area contributed by atoms with Crippen molar-refractivity contribution in [3.8, 4) is 0 Å². The summed E-state index contributed by atoms with van der Waals surface area (Å²) in [6, 6.07) is 10.1. The molecule has 0 saturated carbocycles. The first-order chi connectivity index (χ1) is 10.2. The molecule has 0 N–H and O–H groups in total. The Kier molecular flexibility index (Phi) is 5.32. The summed E-state index contributed by atoms with van der Waals surface area (Å²) in [6.07, 6.45) is 6.00. The van der Waals surface area contributed by atoms with Crippen LogP contribution in [-0.2, 0) is 9.53 Å². The second-order valence-electron chi connectivity index (χ2n) is 5.36. The van der Waals surface area contributed by atoms with Crippen LogP contribution in [0.25, 0.3) is 0 Å². The molecule has 21 heavy (non-hydrogen) atoms. The van der Waals surface area contributed by atoms with Gasteiger partial charge in [0, 0.05) is 5.71 Å². The Morgan fingerprint density at radius 3 is 2.86 bits per heavy atom. The lowest BCUT2D eigenvalue weighted by atomic mass is 9.90. The normalized spacial score (nSPS) is 20.9. The SMILES string of the molecule is C=CCCCC1(C(=O)OCC)CCC(c2ccccc2)=N1. The molecule has 1 atom stereocenters. The Bertz CT molecular complexity index is 521. The van der Waals surface area contributed by atoms with Crippen molar-refractivity contribution in [3.05, 3.63) is 48.6 Å². The average molecular weight is 285 g/mol. The number of carbonyl (C=O) groups excluding carboxylic acids is 1. The van der Waals surface area contributed by atoms with Gasteiger partial charge >= 0.3 is 5.97 Å². The van der Waals surface area contributed by atoms with Gasteiger partial charge in [-0.2, -0.15) is 0 Å². The lowest BCUT2D eigenvalue weighted by molar-refractivity contribution is -0.149. The van der Waals surface area contributed by atoms with Crippen LogP contribution >= 0.6 is 0 Å². The number of nitrogens with zero attached hydrogens (tertiary/aromatic N) is 1. The second-order valence-corrected chi connectivity index (χ2v) is 5.36. The zero-order valence-corrected chi connectivity index (χ0v) is 12.7. The van der Waals surface area contributed by atoms with Gasteiger partial charge in [-0.1, -0.05) is 36.4 Å². The smallest absolute Gasteiger partial charge is 0.334 e. The number of allylic oxidation sites excluding steroid dienone is 1. The quantitative estimate of drug-likeness (QED) is 0.432. The first kappa shape index (κ1) is 15.5. The van der Waals surface area contributed by atoms with Crippen LogP contribution < -0.4 is 0 Å². The molecule has 1 aliphatic heterocycles. The molecule has 1 aromatic rings. The van der Waals surface area contributed by atoms with Gasteiger partial charge in [0.2, 0.25) is 0 Å². The van der Waals surface area contributed by atoms with E-state index >= 15 is 0 Å². The maximum absolute atomic E-state index is 12.4. The molecule has 1 unspecified atom stereocenters. The van der Waals surface area contributed by atoms with Crippen molar-refractivity contribution in [1.29, 1.82) is 0 Å². The molecule has 112 valence electrons. The molecule has 0 bridgehead atoms. The van der Waals surface area contributed by atoms with E-state index in [0.717, 1.165) is 43.4 Å². The monoisotopic (exact) mass is 285 g/mol. The Hall–Kier alpha value is -1.90. The Morgan fingerprint density at radius 2 is 2.19 bits per heavy atom. The van der Waals surface area contributed by atoms with Crippen molar-refractivity contribution in [2.24, 2.45) is 4.99 Å². The predicted molar refractivity (Wildman–Crippen MR) is 85.6 cm³/mol. The fourth-order valence-electron chi connectivity index (χ4n) is 2.77. The largest absolute Gasteiger partial charge is 0.464 e. The molecular weight excluding hydrogens is 262 g/mol. The van der Waals surface area contributed by atoms with Crippen LogP contribution in [-0.4, -0.2) is 23.8 Å². The van der Waals surface area contributed by atoms with Gasteiger partial charge in [0.05, 0.1) is 6.61 Å². The van der Waals surface area contributed by atoms with Gasteiger partial charge in [-0.15, -0.1) is 6.58 Å². The van der Waals surface area contributed by atoms with E-state index in [1.807, 2.05) is 43.3 Å². The number of esters is 1. The zero-order valence-electron chi connectivity index (χ0n) is 12.7. The van der Waals surface area contributed by atoms with E-state index in [0.29, 0.717) is 6.61 Å². The van der Waals surface area contributed by atoms with E-state index in [2.05, 4.69) is 6.58 Å². The second kappa shape index (κ2) is 7.21. The third kappa shape index (κ3) is 3.60. The molecule has 0 aliphatic carbocycles. The first-order valence-corrected chi connectivity index (χ1v) is 7.64. The van der Waals surface area contributed by atoms with E-state index in [9.17, 15) is 4.79 Å². The van der Waals surface area contributed by atoms with Crippen LogP contribution in [0.15, 0.2) is 48.0 Å². The van der Waals surface area contributed by atoms with Gasteiger partial charge in [-0.25, -0.2) is 4.79 Å². The van der Waals surface area contributed by atoms with Gasteiger partial charge < -0.3 is 4.74 Å². The minimum Gasteiger partial charge on any atom is -0.464 e. The first-order valence-electron chi connectivity index (χ1n) is 7.64. The highest BCUT2D eigenvalue weighted by Gasteiger charge is 2.43. The summed E-state index contributed by atoms with van der Waals surface area (Å²) in [5.74, 6) is -0.181. The van der Waals surface area contributed by atoms with Crippen LogP contribution in [0.3, 0.4) is 0 Å². The van der Waals surface area contributed by atoms with Gasteiger partial charge in [0.15, 0.2) is 5.54 Å². The molecule has 0 spiro atoms. The van der Waals surface area contributed by atoms with Crippen molar-refractivity contribution < 1.29 is 9.53 Å². The summed E-state index contributed by atoms with van der Waals surface area (Å²) < 4.78 is 5.27. The molecule has 0 saturated heterocycles. The highest BCUT2D eigenvalue weighted by atomic mass is 16.5. The Balaban J connectivity index is 2.22. The number of carbonyl (C=O) groups is 1. The Labute approximate surface area is 126 Å². The van der Waals surface area contributed by atoms with Crippen molar-refractivity contribution in [2.75, 3.05) is 6.61 Å². The Morgan fingerprint density at radius 1 is 1.43 bits per heavy atom. The van der Waals surface area contributed by atoms with E-state index in [1.165, 1.54) is 0 Å². The molecule has 3 heteroatoms. The zero-order chi connectivity index (χ0) is 15.1. The fourth-order valence-corrected chi connectivity index (χ4v) is 2.77. The predicted octanol–water partition coefficient (Wildman–Crippen LogP) is 3.93. The summed E-state index contributed by atoms with van der Waals surface area (Å²) in [5.41, 5.74) is 1.43. The molecule has 1 aromatic carbocycles. The molecule has 3 nitrogen and oxygen atoms in total. The number of aliphatic imine (C=N–C) groups is 1. The number of rotatable bonds is 7. The van der Waals surface area contributed by atoms with E-state index in [1.54, 1.807) is 0 Å². The topological polar surface area (TPSA) is 38.7 Å². The van der Waals surface area contributed by atoms with Gasteiger partial charge in [-0.05, 0) is 44.6 Å². The number of hydrogen-bond donors (Lipinski definition) is 0. The molecule has 2 rings (SSSR count). The van der Waals surface area contributed by atoms with Crippen LogP contribution in [0.5, 0.6) is 0 Å². The van der Waals surface area contributed by atoms with Crippen LogP contribution in [0.1, 0.15) is 44.6 Å². The highest BCUT2D eigenvalue weighted by molar-refractivity contribution is 6.04. The van der Waals surface area contributed by atoms with E-state index in [-0.39, 0.29) is 5.97 Å². The summed E-state index contributed by atoms with van der Waals surface area (Å²) in [6.45, 7) is 5.98.